The number of halogens is 1. The van der Waals surface area contributed by atoms with E-state index in [1.54, 1.807) is 23.7 Å². The number of nitrogens with zero attached hydrogens (tertiary/aromatic N) is 3. The number of aromatic nitrogens is 3. The van der Waals surface area contributed by atoms with Crippen molar-refractivity contribution in [1.29, 1.82) is 0 Å². The van der Waals surface area contributed by atoms with Gasteiger partial charge in [0.1, 0.15) is 18.2 Å². The fraction of sp³-hybridized carbons (Fsp3) is 0.333. The van der Waals surface area contributed by atoms with Crippen LogP contribution in [0.5, 0.6) is 5.75 Å². The van der Waals surface area contributed by atoms with Gasteiger partial charge in [0.15, 0.2) is 11.0 Å². The van der Waals surface area contributed by atoms with Crippen molar-refractivity contribution >= 4 is 11.8 Å². The third-order valence-corrected chi connectivity index (χ3v) is 3.45. The lowest BCUT2D eigenvalue weighted by Gasteiger charge is -2.05. The van der Waals surface area contributed by atoms with Gasteiger partial charge in [0.25, 0.3) is 0 Å². The lowest BCUT2D eigenvalue weighted by Crippen LogP contribution is -2.02. The Bertz CT molecular complexity index is 530. The average molecular weight is 283 g/mol. The van der Waals surface area contributed by atoms with Crippen LogP contribution in [-0.4, -0.2) is 32.2 Å². The molecule has 5 nitrogen and oxygen atoms in total. The normalized spacial score (nSPS) is 10.7. The second kappa shape index (κ2) is 6.53. The SMILES string of the molecule is Cn1c(CO)nnc1SCCOc1ccc(F)cc1. The molecule has 0 aliphatic rings. The Morgan fingerprint density at radius 1 is 1.32 bits per heavy atom. The van der Waals surface area contributed by atoms with Crippen LogP contribution in [0, 0.1) is 5.82 Å². The third-order valence-electron chi connectivity index (χ3n) is 2.46. The number of ether oxygens (including phenoxy) is 1. The highest BCUT2D eigenvalue weighted by atomic mass is 32.2. The number of hydrogen-bond donors (Lipinski definition) is 1. The van der Waals surface area contributed by atoms with Crippen LogP contribution in [0.25, 0.3) is 0 Å². The molecular weight excluding hydrogens is 269 g/mol. The zero-order valence-electron chi connectivity index (χ0n) is 10.4. The third kappa shape index (κ3) is 3.68. The molecule has 0 saturated carbocycles. The molecule has 0 amide bonds. The molecule has 0 spiro atoms. The van der Waals surface area contributed by atoms with Gasteiger partial charge in [-0.2, -0.15) is 0 Å². The molecule has 0 saturated heterocycles. The predicted molar refractivity (Wildman–Crippen MR) is 69.5 cm³/mol. The van der Waals surface area contributed by atoms with Crippen molar-refractivity contribution in [2.45, 2.75) is 11.8 Å². The smallest absolute Gasteiger partial charge is 0.191 e. The summed E-state index contributed by atoms with van der Waals surface area (Å²) in [5.41, 5.74) is 0. The lowest BCUT2D eigenvalue weighted by atomic mass is 10.3. The van der Waals surface area contributed by atoms with Gasteiger partial charge in [0.2, 0.25) is 0 Å². The first-order chi connectivity index (χ1) is 9.20. The van der Waals surface area contributed by atoms with Gasteiger partial charge in [-0.3, -0.25) is 0 Å². The number of benzene rings is 1. The van der Waals surface area contributed by atoms with E-state index in [9.17, 15) is 4.39 Å². The quantitative estimate of drug-likeness (QED) is 0.645. The van der Waals surface area contributed by atoms with E-state index in [0.29, 0.717) is 23.9 Å². The molecule has 0 fully saturated rings. The second-order valence-corrected chi connectivity index (χ2v) is 4.83. The highest BCUT2D eigenvalue weighted by molar-refractivity contribution is 7.99. The summed E-state index contributed by atoms with van der Waals surface area (Å²) in [7, 11) is 1.80. The summed E-state index contributed by atoms with van der Waals surface area (Å²) in [6.45, 7) is 0.355. The Kier molecular flexibility index (Phi) is 4.75. The predicted octanol–water partition coefficient (Wildman–Crippen LogP) is 1.62. The van der Waals surface area contributed by atoms with Crippen LogP contribution in [-0.2, 0) is 13.7 Å². The van der Waals surface area contributed by atoms with Crippen molar-refractivity contribution in [3.63, 3.8) is 0 Å². The van der Waals surface area contributed by atoms with E-state index in [1.807, 2.05) is 0 Å². The summed E-state index contributed by atoms with van der Waals surface area (Å²) < 4.78 is 19.9. The second-order valence-electron chi connectivity index (χ2n) is 3.77. The van der Waals surface area contributed by atoms with Gasteiger partial charge >= 0.3 is 0 Å². The summed E-state index contributed by atoms with van der Waals surface area (Å²) in [5, 5.41) is 17.5. The Labute approximate surface area is 114 Å². The number of aliphatic hydroxyl groups excluding tert-OH is 1. The molecule has 19 heavy (non-hydrogen) atoms. The van der Waals surface area contributed by atoms with Crippen LogP contribution in [0.2, 0.25) is 0 Å². The molecule has 0 radical (unpaired) electrons. The maximum Gasteiger partial charge on any atom is 0.191 e. The van der Waals surface area contributed by atoms with Crippen LogP contribution in [0.3, 0.4) is 0 Å². The molecule has 0 aliphatic carbocycles. The fourth-order valence-electron chi connectivity index (χ4n) is 1.43. The van der Waals surface area contributed by atoms with Gasteiger partial charge in [-0.05, 0) is 24.3 Å². The highest BCUT2D eigenvalue weighted by Gasteiger charge is 2.07. The van der Waals surface area contributed by atoms with Gasteiger partial charge < -0.3 is 14.4 Å². The molecule has 0 aliphatic heterocycles. The van der Waals surface area contributed by atoms with Gasteiger partial charge in [-0.15, -0.1) is 10.2 Å². The standard InChI is InChI=1S/C12H14FN3O2S/c1-16-11(8-17)14-15-12(16)19-7-6-18-10-4-2-9(13)3-5-10/h2-5,17H,6-8H2,1H3. The van der Waals surface area contributed by atoms with Gasteiger partial charge in [0.05, 0.1) is 6.61 Å². The molecule has 1 aromatic heterocycles. The van der Waals surface area contributed by atoms with Gasteiger partial charge in [-0.1, -0.05) is 11.8 Å². The number of aliphatic hydroxyl groups is 1. The number of rotatable bonds is 6. The highest BCUT2D eigenvalue weighted by Crippen LogP contribution is 2.16. The number of hydrogen-bond acceptors (Lipinski definition) is 5. The van der Waals surface area contributed by atoms with Crippen molar-refractivity contribution < 1.29 is 14.2 Å². The molecule has 1 aromatic carbocycles. The maximum atomic E-state index is 12.7. The van der Waals surface area contributed by atoms with E-state index in [-0.39, 0.29) is 12.4 Å². The van der Waals surface area contributed by atoms with E-state index in [4.69, 9.17) is 9.84 Å². The van der Waals surface area contributed by atoms with E-state index in [1.165, 1.54) is 23.9 Å². The molecule has 7 heteroatoms. The summed E-state index contributed by atoms with van der Waals surface area (Å²) in [5.74, 6) is 1.57. The summed E-state index contributed by atoms with van der Waals surface area (Å²) >= 11 is 1.48. The first-order valence-electron chi connectivity index (χ1n) is 5.71. The van der Waals surface area contributed by atoms with Crippen molar-refractivity contribution in [3.05, 3.63) is 35.9 Å². The zero-order chi connectivity index (χ0) is 13.7. The average Bonchev–Trinajstić information content (AvgIpc) is 2.77. The van der Waals surface area contributed by atoms with Crippen molar-refractivity contribution in [2.24, 2.45) is 7.05 Å². The Balaban J connectivity index is 1.77. The van der Waals surface area contributed by atoms with Crippen LogP contribution in [0.4, 0.5) is 4.39 Å². The van der Waals surface area contributed by atoms with E-state index in [2.05, 4.69) is 10.2 Å². The molecule has 102 valence electrons. The fourth-order valence-corrected chi connectivity index (χ4v) is 2.18. The van der Waals surface area contributed by atoms with Crippen LogP contribution < -0.4 is 4.74 Å². The maximum absolute atomic E-state index is 12.7. The first kappa shape index (κ1) is 13.8. The molecule has 1 heterocycles. The van der Waals surface area contributed by atoms with E-state index < -0.39 is 0 Å². The van der Waals surface area contributed by atoms with Gasteiger partial charge in [0, 0.05) is 12.8 Å². The van der Waals surface area contributed by atoms with Crippen molar-refractivity contribution in [1.82, 2.24) is 14.8 Å². The van der Waals surface area contributed by atoms with Crippen molar-refractivity contribution in [2.75, 3.05) is 12.4 Å². The lowest BCUT2D eigenvalue weighted by molar-refractivity contribution is 0.266. The topological polar surface area (TPSA) is 60.2 Å². The Hall–Kier alpha value is -1.60. The monoisotopic (exact) mass is 283 g/mol. The largest absolute Gasteiger partial charge is 0.493 e. The van der Waals surface area contributed by atoms with Gasteiger partial charge in [-0.25, -0.2) is 4.39 Å². The Morgan fingerprint density at radius 2 is 2.05 bits per heavy atom. The number of thioether (sulfide) groups is 1. The minimum Gasteiger partial charge on any atom is -0.493 e. The molecule has 2 rings (SSSR count). The molecule has 1 N–H and O–H groups in total. The molecule has 0 bridgehead atoms. The first-order valence-corrected chi connectivity index (χ1v) is 6.69. The van der Waals surface area contributed by atoms with E-state index >= 15 is 0 Å². The summed E-state index contributed by atoms with van der Waals surface area (Å²) in [6.07, 6.45) is 0. The molecule has 0 atom stereocenters. The summed E-state index contributed by atoms with van der Waals surface area (Å²) in [4.78, 5) is 0. The minimum absolute atomic E-state index is 0.129. The van der Waals surface area contributed by atoms with Crippen LogP contribution in [0.15, 0.2) is 29.4 Å². The van der Waals surface area contributed by atoms with Crippen LogP contribution >= 0.6 is 11.8 Å². The molecule has 2 aromatic rings. The van der Waals surface area contributed by atoms with E-state index in [0.717, 1.165) is 5.16 Å². The van der Waals surface area contributed by atoms with Crippen molar-refractivity contribution in [3.8, 4) is 5.75 Å². The van der Waals surface area contributed by atoms with Crippen LogP contribution in [0.1, 0.15) is 5.82 Å². The summed E-state index contributed by atoms with van der Waals surface area (Å²) in [6, 6.07) is 5.90. The Morgan fingerprint density at radius 3 is 2.68 bits per heavy atom. The molecular formula is C12H14FN3O2S. The molecule has 0 unspecified atom stereocenters. The minimum atomic E-state index is -0.280. The zero-order valence-corrected chi connectivity index (χ0v) is 11.2.